The number of morpholine rings is 1. The van der Waals surface area contributed by atoms with Crippen LogP contribution in [0.3, 0.4) is 0 Å². The fourth-order valence-corrected chi connectivity index (χ4v) is 4.76. The highest BCUT2D eigenvalue weighted by Crippen LogP contribution is 2.29. The van der Waals surface area contributed by atoms with E-state index in [-0.39, 0.29) is 11.9 Å². The number of carbonyl (C=O) groups is 1. The Morgan fingerprint density at radius 1 is 0.812 bits per heavy atom. The highest BCUT2D eigenvalue weighted by molar-refractivity contribution is 5.90. The number of carbonyl (C=O) groups excluding carboxylic acids is 1. The molecule has 1 N–H and O–H groups in total. The first-order valence-corrected chi connectivity index (χ1v) is 11.3. The third-order valence-electron chi connectivity index (χ3n) is 6.39. The van der Waals surface area contributed by atoms with Crippen molar-refractivity contribution in [1.29, 1.82) is 0 Å². The Morgan fingerprint density at radius 2 is 1.44 bits per heavy atom. The van der Waals surface area contributed by atoms with Gasteiger partial charge in [0.05, 0.1) is 25.7 Å². The molecule has 162 valence electrons. The lowest BCUT2D eigenvalue weighted by Gasteiger charge is -2.35. The van der Waals surface area contributed by atoms with E-state index < -0.39 is 0 Å². The predicted octanol–water partition coefficient (Wildman–Crippen LogP) is 4.73. The van der Waals surface area contributed by atoms with Crippen molar-refractivity contribution in [3.05, 3.63) is 96.1 Å². The van der Waals surface area contributed by atoms with Gasteiger partial charge in [-0.15, -0.1) is 0 Å². The minimum atomic E-state index is 0.0554. The van der Waals surface area contributed by atoms with Crippen LogP contribution in [0.1, 0.15) is 17.2 Å². The summed E-state index contributed by atoms with van der Waals surface area (Å²) in [6.45, 7) is 3.77. The molecule has 4 aromatic rings. The Morgan fingerprint density at radius 3 is 2.22 bits per heavy atom. The molecule has 0 aliphatic carbocycles. The van der Waals surface area contributed by atoms with Gasteiger partial charge in [0.2, 0.25) is 5.91 Å². The predicted molar refractivity (Wildman–Crippen MR) is 130 cm³/mol. The van der Waals surface area contributed by atoms with E-state index in [0.717, 1.165) is 37.3 Å². The van der Waals surface area contributed by atoms with Crippen molar-refractivity contribution in [3.63, 3.8) is 0 Å². The molecule has 1 heterocycles. The molecule has 1 fully saturated rings. The van der Waals surface area contributed by atoms with E-state index in [9.17, 15) is 4.79 Å². The fraction of sp³-hybridized carbons (Fsp3) is 0.250. The number of fused-ring (bicyclic) bond motifs is 2. The van der Waals surface area contributed by atoms with Gasteiger partial charge in [0.1, 0.15) is 0 Å². The molecule has 0 spiro atoms. The monoisotopic (exact) mass is 424 g/mol. The molecule has 0 radical (unpaired) electrons. The Bertz CT molecular complexity index is 1220. The first kappa shape index (κ1) is 20.7. The first-order valence-electron chi connectivity index (χ1n) is 11.3. The minimum absolute atomic E-state index is 0.0554. The second-order valence-electron chi connectivity index (χ2n) is 8.35. The summed E-state index contributed by atoms with van der Waals surface area (Å²) in [7, 11) is 0. The molecule has 0 aromatic heterocycles. The summed E-state index contributed by atoms with van der Waals surface area (Å²) in [5.41, 5.74) is 2.32. The molecule has 4 aromatic carbocycles. The quantitative estimate of drug-likeness (QED) is 0.487. The van der Waals surface area contributed by atoms with Crippen LogP contribution in [-0.2, 0) is 16.0 Å². The van der Waals surface area contributed by atoms with E-state index in [1.165, 1.54) is 21.7 Å². The summed E-state index contributed by atoms with van der Waals surface area (Å²) in [5.74, 6) is 0.0554. The molecule has 0 saturated carbocycles. The number of hydrogen-bond acceptors (Lipinski definition) is 3. The summed E-state index contributed by atoms with van der Waals surface area (Å²) in [4.78, 5) is 15.4. The SMILES string of the molecule is O=C(Cc1cccc2ccccc12)NC[C@@H](c1cccc2ccccc12)N1CCOCC1. The van der Waals surface area contributed by atoms with Crippen molar-refractivity contribution in [2.75, 3.05) is 32.8 Å². The van der Waals surface area contributed by atoms with Crippen LogP contribution in [0.2, 0.25) is 0 Å². The highest BCUT2D eigenvalue weighted by atomic mass is 16.5. The number of hydrogen-bond donors (Lipinski definition) is 1. The van der Waals surface area contributed by atoms with Crippen LogP contribution in [0.25, 0.3) is 21.5 Å². The van der Waals surface area contributed by atoms with E-state index in [2.05, 4.69) is 70.9 Å². The molecule has 4 nitrogen and oxygen atoms in total. The molecular formula is C28H28N2O2. The van der Waals surface area contributed by atoms with Gasteiger partial charge in [-0.05, 0) is 32.7 Å². The Labute approximate surface area is 188 Å². The highest BCUT2D eigenvalue weighted by Gasteiger charge is 2.24. The van der Waals surface area contributed by atoms with Crippen molar-refractivity contribution >= 4 is 27.5 Å². The Hall–Kier alpha value is -3.21. The maximum atomic E-state index is 13.0. The second kappa shape index (κ2) is 9.51. The van der Waals surface area contributed by atoms with E-state index in [4.69, 9.17) is 4.74 Å². The maximum absolute atomic E-state index is 13.0. The van der Waals surface area contributed by atoms with Gasteiger partial charge in [0.15, 0.2) is 0 Å². The zero-order valence-corrected chi connectivity index (χ0v) is 18.2. The molecule has 0 bridgehead atoms. The maximum Gasteiger partial charge on any atom is 0.224 e. The third-order valence-corrected chi connectivity index (χ3v) is 6.39. The van der Waals surface area contributed by atoms with Gasteiger partial charge in [-0.3, -0.25) is 9.69 Å². The van der Waals surface area contributed by atoms with Gasteiger partial charge < -0.3 is 10.1 Å². The number of nitrogens with one attached hydrogen (secondary N) is 1. The van der Waals surface area contributed by atoms with Crippen LogP contribution < -0.4 is 5.32 Å². The Kier molecular flexibility index (Phi) is 6.15. The van der Waals surface area contributed by atoms with Gasteiger partial charge in [0, 0.05) is 19.6 Å². The van der Waals surface area contributed by atoms with Crippen LogP contribution in [0.4, 0.5) is 0 Å². The van der Waals surface area contributed by atoms with Crippen molar-refractivity contribution in [2.45, 2.75) is 12.5 Å². The molecule has 1 saturated heterocycles. The molecule has 1 aliphatic heterocycles. The molecule has 1 aliphatic rings. The first-order chi connectivity index (χ1) is 15.8. The van der Waals surface area contributed by atoms with E-state index in [1.54, 1.807) is 0 Å². The van der Waals surface area contributed by atoms with Crippen molar-refractivity contribution in [2.24, 2.45) is 0 Å². The van der Waals surface area contributed by atoms with E-state index >= 15 is 0 Å². The van der Waals surface area contributed by atoms with E-state index in [0.29, 0.717) is 13.0 Å². The Balaban J connectivity index is 1.37. The van der Waals surface area contributed by atoms with Crippen LogP contribution in [0, 0.1) is 0 Å². The number of nitrogens with zero attached hydrogens (tertiary/aromatic N) is 1. The number of amides is 1. The zero-order valence-electron chi connectivity index (χ0n) is 18.2. The van der Waals surface area contributed by atoms with Crippen LogP contribution in [0.15, 0.2) is 84.9 Å². The van der Waals surface area contributed by atoms with Crippen molar-refractivity contribution in [1.82, 2.24) is 10.2 Å². The van der Waals surface area contributed by atoms with Gasteiger partial charge >= 0.3 is 0 Å². The molecule has 4 heteroatoms. The van der Waals surface area contributed by atoms with Crippen LogP contribution >= 0.6 is 0 Å². The summed E-state index contributed by atoms with van der Waals surface area (Å²) in [6.07, 6.45) is 0.382. The smallest absolute Gasteiger partial charge is 0.224 e. The van der Waals surface area contributed by atoms with Gasteiger partial charge in [-0.2, -0.15) is 0 Å². The van der Waals surface area contributed by atoms with Crippen molar-refractivity contribution in [3.8, 4) is 0 Å². The number of ether oxygens (including phenoxy) is 1. The third kappa shape index (κ3) is 4.38. The lowest BCUT2D eigenvalue weighted by molar-refractivity contribution is -0.120. The zero-order chi connectivity index (χ0) is 21.8. The summed E-state index contributed by atoms with van der Waals surface area (Å²) >= 11 is 0. The second-order valence-corrected chi connectivity index (χ2v) is 8.35. The lowest BCUT2D eigenvalue weighted by Crippen LogP contribution is -2.44. The molecule has 1 amide bonds. The molecule has 5 rings (SSSR count). The summed E-state index contributed by atoms with van der Waals surface area (Å²) in [6, 6.07) is 29.4. The van der Waals surface area contributed by atoms with Crippen LogP contribution in [0.5, 0.6) is 0 Å². The molecule has 0 unspecified atom stereocenters. The van der Waals surface area contributed by atoms with Gasteiger partial charge in [-0.1, -0.05) is 84.9 Å². The topological polar surface area (TPSA) is 41.6 Å². The average molecular weight is 425 g/mol. The van der Waals surface area contributed by atoms with Crippen LogP contribution in [-0.4, -0.2) is 43.7 Å². The van der Waals surface area contributed by atoms with Gasteiger partial charge in [0.25, 0.3) is 0 Å². The molecule has 32 heavy (non-hydrogen) atoms. The fourth-order valence-electron chi connectivity index (χ4n) is 4.76. The summed E-state index contributed by atoms with van der Waals surface area (Å²) < 4.78 is 5.59. The average Bonchev–Trinajstić information content (AvgIpc) is 2.85. The minimum Gasteiger partial charge on any atom is -0.379 e. The summed E-state index contributed by atoms with van der Waals surface area (Å²) in [5, 5.41) is 8.02. The number of benzene rings is 4. The van der Waals surface area contributed by atoms with E-state index in [1.807, 2.05) is 24.3 Å². The van der Waals surface area contributed by atoms with Gasteiger partial charge in [-0.25, -0.2) is 0 Å². The largest absolute Gasteiger partial charge is 0.379 e. The standard InChI is InChI=1S/C28H28N2O2/c31-28(19-23-11-5-9-21-7-1-3-12-24(21)23)29-20-27(30-15-17-32-18-16-30)26-14-6-10-22-8-2-4-13-25(22)26/h1-14,27H,15-20H2,(H,29,31)/t27-/m0/s1. The number of rotatable bonds is 6. The molecular weight excluding hydrogens is 396 g/mol. The normalized spacial score (nSPS) is 15.6. The lowest BCUT2D eigenvalue weighted by atomic mass is 9.97. The molecule has 1 atom stereocenters. The van der Waals surface area contributed by atoms with Crippen molar-refractivity contribution < 1.29 is 9.53 Å².